The molecule has 130 valence electrons. The van der Waals surface area contributed by atoms with E-state index in [2.05, 4.69) is 82.9 Å². The largest absolute Gasteiger partial charge is 0.456 e. The van der Waals surface area contributed by atoms with Crippen molar-refractivity contribution in [1.82, 2.24) is 0 Å². The summed E-state index contributed by atoms with van der Waals surface area (Å²) in [6.07, 6.45) is 4.22. The minimum atomic E-state index is -0.756. The Morgan fingerprint density at radius 2 is 1.32 bits per heavy atom. The topological polar surface area (TPSA) is 60.4 Å². The minimum Gasteiger partial charge on any atom is -0.456 e. The molecule has 0 atom stereocenters. The summed E-state index contributed by atoms with van der Waals surface area (Å²) in [4.78, 5) is 33.6. The van der Waals surface area contributed by atoms with Gasteiger partial charge in [0.2, 0.25) is 11.6 Å². The first-order chi connectivity index (χ1) is 13.6. The van der Waals surface area contributed by atoms with Crippen LogP contribution in [0.15, 0.2) is 23.8 Å². The lowest BCUT2D eigenvalue weighted by molar-refractivity contribution is -0.136. The van der Waals surface area contributed by atoms with Gasteiger partial charge in [-0.1, -0.05) is 12.0 Å². The Kier molecular flexibility index (Phi) is 10.2. The molecule has 0 N–H and O–H groups in total. The summed E-state index contributed by atoms with van der Waals surface area (Å²) in [6.45, 7) is 1.71. The van der Waals surface area contributed by atoms with Crippen LogP contribution in [0.5, 0.6) is 0 Å². The highest BCUT2D eigenvalue weighted by Gasteiger charge is 2.13. The highest BCUT2D eigenvalue weighted by atomic mass is 16.5. The van der Waals surface area contributed by atoms with Crippen molar-refractivity contribution in [2.75, 3.05) is 6.61 Å². The van der Waals surface area contributed by atoms with Gasteiger partial charge in [-0.15, -0.1) is 0 Å². The van der Waals surface area contributed by atoms with E-state index >= 15 is 0 Å². The average molecular weight is 362 g/mol. The summed E-state index contributed by atoms with van der Waals surface area (Å²) in [6, 6.07) is 0. The van der Waals surface area contributed by atoms with Gasteiger partial charge in [0, 0.05) is 12.3 Å². The summed E-state index contributed by atoms with van der Waals surface area (Å²) >= 11 is 0. The first-order valence-corrected chi connectivity index (χ1v) is 7.70. The number of carbonyl (C=O) groups excluding carboxylic acids is 3. The van der Waals surface area contributed by atoms with Crippen LogP contribution in [0.25, 0.3) is 0 Å². The van der Waals surface area contributed by atoms with Crippen molar-refractivity contribution in [2.45, 2.75) is 13.3 Å². The molecule has 1 rings (SSSR count). The number of rotatable bonds is 3. The van der Waals surface area contributed by atoms with Gasteiger partial charge in [0.15, 0.2) is 0 Å². The normalized spacial score (nSPS) is 9.68. The number of ether oxygens (including phenoxy) is 1. The zero-order valence-corrected chi connectivity index (χ0v) is 14.8. The highest BCUT2D eigenvalue weighted by molar-refractivity contribution is 6.46. The summed E-state index contributed by atoms with van der Waals surface area (Å²) < 4.78 is 4.87. The van der Waals surface area contributed by atoms with Crippen LogP contribution in [0.2, 0.25) is 0 Å². The Bertz CT molecular complexity index is 1180. The van der Waals surface area contributed by atoms with Crippen LogP contribution in [0, 0.1) is 82.9 Å². The predicted molar refractivity (Wildman–Crippen MR) is 103 cm³/mol. The summed E-state index contributed by atoms with van der Waals surface area (Å²) in [5.74, 6) is 32.2. The summed E-state index contributed by atoms with van der Waals surface area (Å²) in [5, 5.41) is 0. The van der Waals surface area contributed by atoms with Crippen molar-refractivity contribution < 1.29 is 19.1 Å². The molecule has 28 heavy (non-hydrogen) atoms. The molecule has 0 spiro atoms. The van der Waals surface area contributed by atoms with Crippen LogP contribution in [0.3, 0.4) is 0 Å². The second-order valence-electron chi connectivity index (χ2n) is 4.54. The molecule has 4 nitrogen and oxygen atoms in total. The molecule has 0 aromatic rings. The number of esters is 1. The molecule has 0 aromatic carbocycles. The van der Waals surface area contributed by atoms with Crippen LogP contribution in [0.4, 0.5) is 0 Å². The molecule has 0 amide bonds. The van der Waals surface area contributed by atoms with Gasteiger partial charge < -0.3 is 4.74 Å². The van der Waals surface area contributed by atoms with E-state index in [1.165, 1.54) is 18.2 Å². The smallest absolute Gasteiger partial charge is 0.385 e. The highest BCUT2D eigenvalue weighted by Crippen LogP contribution is 2.09. The molecule has 0 saturated heterocycles. The van der Waals surface area contributed by atoms with E-state index in [1.807, 2.05) is 0 Å². The van der Waals surface area contributed by atoms with Gasteiger partial charge in [0.1, 0.15) is 0 Å². The Hall–Kier alpha value is -4.79. The van der Waals surface area contributed by atoms with Gasteiger partial charge in [-0.3, -0.25) is 9.59 Å². The molecule has 0 heterocycles. The molecule has 0 unspecified atom stereocenters. The Morgan fingerprint density at radius 3 is 1.86 bits per heavy atom. The molecule has 0 fully saturated rings. The lowest BCUT2D eigenvalue weighted by atomic mass is 10.0. The Balaban J connectivity index is 2.36. The van der Waals surface area contributed by atoms with Gasteiger partial charge in [-0.05, 0) is 95.7 Å². The minimum absolute atomic E-state index is 0.0322. The van der Waals surface area contributed by atoms with Gasteiger partial charge in [-0.2, -0.15) is 0 Å². The summed E-state index contributed by atoms with van der Waals surface area (Å²) in [7, 11) is 0. The monoisotopic (exact) mass is 362 g/mol. The third-order valence-electron chi connectivity index (χ3n) is 2.61. The van der Waals surface area contributed by atoms with E-state index in [9.17, 15) is 14.4 Å². The van der Waals surface area contributed by atoms with Crippen molar-refractivity contribution in [3.8, 4) is 82.9 Å². The third-order valence-corrected chi connectivity index (χ3v) is 2.61. The first-order valence-electron chi connectivity index (χ1n) is 7.70. The van der Waals surface area contributed by atoms with Crippen LogP contribution in [0.1, 0.15) is 13.3 Å². The number of ketones is 2. The second kappa shape index (κ2) is 13.5. The molecule has 4 heteroatoms. The quantitative estimate of drug-likeness (QED) is 0.243. The van der Waals surface area contributed by atoms with Crippen LogP contribution < -0.4 is 0 Å². The summed E-state index contributed by atoms with van der Waals surface area (Å²) in [5.41, 5.74) is 0.605. The zero-order chi connectivity index (χ0) is 20.5. The SMILES string of the molecule is CC#CC#CC#CC#CC#CC#CC#CC(=O)OCCC1=CC(=O)C(=O)C=C1. The van der Waals surface area contributed by atoms with Crippen LogP contribution in [-0.4, -0.2) is 24.1 Å². The molecule has 0 aromatic heterocycles. The lowest BCUT2D eigenvalue weighted by Gasteiger charge is -2.05. The molecule has 1 aliphatic rings. The van der Waals surface area contributed by atoms with Gasteiger partial charge >= 0.3 is 5.97 Å². The van der Waals surface area contributed by atoms with Crippen molar-refractivity contribution in [1.29, 1.82) is 0 Å². The number of hydrogen-bond acceptors (Lipinski definition) is 4. The maximum absolute atomic E-state index is 11.4. The first kappa shape index (κ1) is 21.3. The fourth-order valence-electron chi connectivity index (χ4n) is 1.46. The Morgan fingerprint density at radius 1 is 0.786 bits per heavy atom. The van der Waals surface area contributed by atoms with Crippen LogP contribution in [-0.2, 0) is 19.1 Å². The van der Waals surface area contributed by atoms with E-state index < -0.39 is 17.5 Å². The van der Waals surface area contributed by atoms with E-state index in [0.717, 1.165) is 0 Å². The fraction of sp³-hybridized carbons (Fsp3) is 0.125. The zero-order valence-electron chi connectivity index (χ0n) is 14.8. The number of allylic oxidation sites excluding steroid dienone is 3. The van der Waals surface area contributed by atoms with Crippen molar-refractivity contribution in [3.05, 3.63) is 23.8 Å². The van der Waals surface area contributed by atoms with E-state index in [1.54, 1.807) is 6.92 Å². The average Bonchev–Trinajstić information content (AvgIpc) is 2.68. The van der Waals surface area contributed by atoms with E-state index in [4.69, 9.17) is 4.74 Å². The van der Waals surface area contributed by atoms with Gasteiger partial charge in [0.25, 0.3) is 0 Å². The lowest BCUT2D eigenvalue weighted by Crippen LogP contribution is -2.12. The molecule has 0 radical (unpaired) electrons. The molecule has 0 aliphatic heterocycles. The second-order valence-corrected chi connectivity index (χ2v) is 4.54. The molecular weight excluding hydrogens is 352 g/mol. The maximum Gasteiger partial charge on any atom is 0.385 e. The molecular formula is C24H10O4. The van der Waals surface area contributed by atoms with E-state index in [0.29, 0.717) is 12.0 Å². The third kappa shape index (κ3) is 10.2. The molecule has 0 saturated carbocycles. The van der Waals surface area contributed by atoms with Crippen molar-refractivity contribution in [2.24, 2.45) is 0 Å². The van der Waals surface area contributed by atoms with Gasteiger partial charge in [-0.25, -0.2) is 4.79 Å². The van der Waals surface area contributed by atoms with Crippen molar-refractivity contribution in [3.63, 3.8) is 0 Å². The van der Waals surface area contributed by atoms with Gasteiger partial charge in [0.05, 0.1) is 6.61 Å². The van der Waals surface area contributed by atoms with Crippen LogP contribution >= 0.6 is 0 Å². The maximum atomic E-state index is 11.4. The molecule has 0 bridgehead atoms. The Labute approximate surface area is 163 Å². The number of carbonyl (C=O) groups is 3. The molecule has 1 aliphatic carbocycles. The van der Waals surface area contributed by atoms with E-state index in [-0.39, 0.29) is 6.61 Å². The fourth-order valence-corrected chi connectivity index (χ4v) is 1.46. The number of hydrogen-bond donors (Lipinski definition) is 0. The standard InChI is InChI=1S/C24H10O4/c1-2-3-4-5-6-7-8-9-10-11-12-13-14-15-24(27)28-19-18-21-16-17-22(25)23(26)20-21/h16-17,20H,18-19H2,1H3. The predicted octanol–water partition coefficient (Wildman–Crippen LogP) is 0.598. The van der Waals surface area contributed by atoms with Crippen molar-refractivity contribution >= 4 is 17.5 Å².